The molecule has 1 aliphatic carbocycles. The summed E-state index contributed by atoms with van der Waals surface area (Å²) in [5.74, 6) is 1.65. The predicted molar refractivity (Wildman–Crippen MR) is 117 cm³/mol. The van der Waals surface area contributed by atoms with Gasteiger partial charge in [-0.25, -0.2) is 0 Å². The topological polar surface area (TPSA) is 75.2 Å². The fourth-order valence-electron chi connectivity index (χ4n) is 4.25. The quantitative estimate of drug-likeness (QED) is 0.255. The van der Waals surface area contributed by atoms with Crippen LogP contribution in [0.4, 0.5) is 0 Å². The van der Waals surface area contributed by atoms with Gasteiger partial charge in [0.05, 0.1) is 12.7 Å². The van der Waals surface area contributed by atoms with Crippen LogP contribution in [-0.2, 0) is 14.3 Å². The number of carbonyl (C=O) groups excluding carboxylic acids is 1. The zero-order valence-corrected chi connectivity index (χ0v) is 18.8. The number of halogens is 1. The molecule has 1 saturated carbocycles. The van der Waals surface area contributed by atoms with Crippen LogP contribution in [0.1, 0.15) is 44.9 Å². The molecule has 2 atom stereocenters. The van der Waals surface area contributed by atoms with Crippen LogP contribution in [0.15, 0.2) is 4.99 Å². The molecule has 2 aliphatic heterocycles. The van der Waals surface area contributed by atoms with E-state index in [-0.39, 0.29) is 42.1 Å². The van der Waals surface area contributed by atoms with Gasteiger partial charge in [0.2, 0.25) is 5.91 Å². The summed E-state index contributed by atoms with van der Waals surface area (Å²) in [7, 11) is 1.80. The van der Waals surface area contributed by atoms with Gasteiger partial charge in [-0.1, -0.05) is 12.8 Å². The lowest BCUT2D eigenvalue weighted by Gasteiger charge is -2.37. The third-order valence-corrected chi connectivity index (χ3v) is 5.66. The van der Waals surface area contributed by atoms with Crippen molar-refractivity contribution in [3.63, 3.8) is 0 Å². The van der Waals surface area contributed by atoms with Gasteiger partial charge in [0, 0.05) is 46.3 Å². The zero-order valence-electron chi connectivity index (χ0n) is 16.5. The van der Waals surface area contributed by atoms with Crippen molar-refractivity contribution in [2.24, 2.45) is 10.9 Å². The van der Waals surface area contributed by atoms with Crippen LogP contribution >= 0.6 is 24.0 Å². The van der Waals surface area contributed by atoms with Crippen LogP contribution in [0.25, 0.3) is 0 Å². The lowest BCUT2D eigenvalue weighted by molar-refractivity contribution is -0.121. The van der Waals surface area contributed by atoms with E-state index >= 15 is 0 Å². The van der Waals surface area contributed by atoms with Gasteiger partial charge in [-0.3, -0.25) is 9.79 Å². The number of nitrogens with zero attached hydrogens (tertiary/aromatic N) is 2. The first kappa shape index (κ1) is 22.7. The normalized spacial score (nSPS) is 26.7. The molecule has 0 aromatic heterocycles. The molecule has 0 aromatic carbocycles. The highest BCUT2D eigenvalue weighted by Gasteiger charge is 2.32. The Balaban J connectivity index is 0.00000261. The predicted octanol–water partition coefficient (Wildman–Crippen LogP) is 1.76. The molecule has 2 saturated heterocycles. The summed E-state index contributed by atoms with van der Waals surface area (Å²) in [5.41, 5.74) is 0. The number of aliphatic imine (C=N–C) groups is 1. The first-order valence-corrected chi connectivity index (χ1v) is 10.2. The maximum absolute atomic E-state index is 12.0. The number of hydrogen-bond acceptors (Lipinski definition) is 4. The Hall–Kier alpha value is -0.610. The van der Waals surface area contributed by atoms with Crippen molar-refractivity contribution in [3.8, 4) is 0 Å². The van der Waals surface area contributed by atoms with E-state index in [4.69, 9.17) is 9.47 Å². The standard InChI is InChI=1S/C19H34N4O3.HI/c1-20-19(22-9-8-21-18(24)13-15-5-2-3-6-15)23-10-12-26-17(14-23)16-7-4-11-25-16;/h15-17H,2-14H2,1H3,(H,20,22)(H,21,24);1H. The van der Waals surface area contributed by atoms with E-state index in [2.05, 4.69) is 20.5 Å². The number of amides is 1. The molecule has 2 N–H and O–H groups in total. The van der Waals surface area contributed by atoms with Crippen LogP contribution in [0.3, 0.4) is 0 Å². The Labute approximate surface area is 180 Å². The molecule has 27 heavy (non-hydrogen) atoms. The van der Waals surface area contributed by atoms with Crippen molar-refractivity contribution in [1.82, 2.24) is 15.5 Å². The second-order valence-corrected chi connectivity index (χ2v) is 7.59. The molecule has 0 spiro atoms. The van der Waals surface area contributed by atoms with Gasteiger partial charge in [-0.05, 0) is 31.6 Å². The van der Waals surface area contributed by atoms with Crippen molar-refractivity contribution in [1.29, 1.82) is 0 Å². The minimum Gasteiger partial charge on any atom is -0.375 e. The summed E-state index contributed by atoms with van der Waals surface area (Å²) in [6.45, 7) is 4.49. The third kappa shape index (κ3) is 7.05. The first-order chi connectivity index (χ1) is 12.8. The van der Waals surface area contributed by atoms with Crippen molar-refractivity contribution >= 4 is 35.8 Å². The molecule has 7 nitrogen and oxygen atoms in total. The lowest BCUT2D eigenvalue weighted by Crippen LogP contribution is -2.54. The monoisotopic (exact) mass is 494 g/mol. The lowest BCUT2D eigenvalue weighted by atomic mass is 10.0. The highest BCUT2D eigenvalue weighted by atomic mass is 127. The van der Waals surface area contributed by atoms with Crippen molar-refractivity contribution in [3.05, 3.63) is 0 Å². The Morgan fingerprint density at radius 1 is 1.04 bits per heavy atom. The van der Waals surface area contributed by atoms with Gasteiger partial charge >= 0.3 is 0 Å². The highest BCUT2D eigenvalue weighted by molar-refractivity contribution is 14.0. The first-order valence-electron chi connectivity index (χ1n) is 10.2. The third-order valence-electron chi connectivity index (χ3n) is 5.66. The van der Waals surface area contributed by atoms with E-state index in [0.29, 0.717) is 32.0 Å². The molecule has 3 fully saturated rings. The SMILES string of the molecule is CN=C(NCCNC(=O)CC1CCCC1)N1CCOC(C2CCCO2)C1.I. The molecule has 8 heteroatoms. The van der Waals surface area contributed by atoms with Crippen LogP contribution in [-0.4, -0.2) is 75.4 Å². The van der Waals surface area contributed by atoms with E-state index < -0.39 is 0 Å². The molecule has 156 valence electrons. The second kappa shape index (κ2) is 12.1. The van der Waals surface area contributed by atoms with Gasteiger partial charge in [-0.2, -0.15) is 0 Å². The Morgan fingerprint density at radius 3 is 2.48 bits per heavy atom. The number of morpholine rings is 1. The number of guanidine groups is 1. The Morgan fingerprint density at radius 2 is 1.78 bits per heavy atom. The molecule has 0 radical (unpaired) electrons. The number of hydrogen-bond donors (Lipinski definition) is 2. The number of nitrogens with one attached hydrogen (secondary N) is 2. The summed E-state index contributed by atoms with van der Waals surface area (Å²) in [6, 6.07) is 0. The smallest absolute Gasteiger partial charge is 0.220 e. The minimum absolute atomic E-state index is 0. The summed E-state index contributed by atoms with van der Waals surface area (Å²) in [4.78, 5) is 18.6. The zero-order chi connectivity index (χ0) is 18.2. The molecule has 3 aliphatic rings. The van der Waals surface area contributed by atoms with Crippen molar-refractivity contribution in [2.75, 3.05) is 46.4 Å². The molecule has 2 heterocycles. The Kier molecular flexibility index (Phi) is 10.1. The summed E-state index contributed by atoms with van der Waals surface area (Å²) < 4.78 is 11.7. The maximum atomic E-state index is 12.0. The maximum Gasteiger partial charge on any atom is 0.220 e. The van der Waals surface area contributed by atoms with E-state index in [1.807, 2.05) is 0 Å². The number of rotatable bonds is 6. The van der Waals surface area contributed by atoms with Crippen LogP contribution in [0, 0.1) is 5.92 Å². The molecule has 2 unspecified atom stereocenters. The molecular formula is C19H35IN4O3. The average Bonchev–Trinajstić information content (AvgIpc) is 3.36. The fourth-order valence-corrected chi connectivity index (χ4v) is 4.25. The van der Waals surface area contributed by atoms with E-state index in [0.717, 1.165) is 38.5 Å². The van der Waals surface area contributed by atoms with Crippen molar-refractivity contribution < 1.29 is 14.3 Å². The van der Waals surface area contributed by atoms with Crippen LogP contribution < -0.4 is 10.6 Å². The second-order valence-electron chi connectivity index (χ2n) is 7.59. The fraction of sp³-hybridized carbons (Fsp3) is 0.895. The number of ether oxygens (including phenoxy) is 2. The average molecular weight is 494 g/mol. The van der Waals surface area contributed by atoms with E-state index in [1.54, 1.807) is 7.05 Å². The summed E-state index contributed by atoms with van der Waals surface area (Å²) in [6.07, 6.45) is 8.20. The molecule has 1 amide bonds. The minimum atomic E-state index is 0. The number of carbonyl (C=O) groups is 1. The van der Waals surface area contributed by atoms with Gasteiger partial charge in [0.25, 0.3) is 0 Å². The molecule has 0 aromatic rings. The van der Waals surface area contributed by atoms with E-state index in [1.165, 1.54) is 25.7 Å². The largest absolute Gasteiger partial charge is 0.375 e. The molecule has 3 rings (SSSR count). The highest BCUT2D eigenvalue weighted by Crippen LogP contribution is 2.27. The Bertz CT molecular complexity index is 480. The van der Waals surface area contributed by atoms with Crippen LogP contribution in [0.2, 0.25) is 0 Å². The summed E-state index contributed by atoms with van der Waals surface area (Å²) >= 11 is 0. The summed E-state index contributed by atoms with van der Waals surface area (Å²) in [5, 5.41) is 6.39. The van der Waals surface area contributed by atoms with E-state index in [9.17, 15) is 4.79 Å². The molecule has 0 bridgehead atoms. The van der Waals surface area contributed by atoms with Crippen molar-refractivity contribution in [2.45, 2.75) is 57.2 Å². The van der Waals surface area contributed by atoms with Gasteiger partial charge in [0.1, 0.15) is 6.10 Å². The van der Waals surface area contributed by atoms with Gasteiger partial charge in [0.15, 0.2) is 5.96 Å². The van der Waals surface area contributed by atoms with Crippen LogP contribution in [0.5, 0.6) is 0 Å². The van der Waals surface area contributed by atoms with Gasteiger partial charge < -0.3 is 25.0 Å². The van der Waals surface area contributed by atoms with Gasteiger partial charge in [-0.15, -0.1) is 24.0 Å². The molecular weight excluding hydrogens is 459 g/mol.